The summed E-state index contributed by atoms with van der Waals surface area (Å²) in [6, 6.07) is 12.3. The average molecular weight is 475 g/mol. The number of benzene rings is 2. The summed E-state index contributed by atoms with van der Waals surface area (Å²) >= 11 is 7.29. The molecular weight excluding hydrogens is 456 g/mol. The van der Waals surface area contributed by atoms with Crippen LogP contribution >= 0.6 is 23.4 Å². The van der Waals surface area contributed by atoms with Crippen LogP contribution in [0.4, 0.5) is 11.4 Å². The van der Waals surface area contributed by atoms with Crippen molar-refractivity contribution in [1.29, 1.82) is 0 Å². The lowest BCUT2D eigenvalue weighted by molar-refractivity contribution is -0.113. The van der Waals surface area contributed by atoms with E-state index < -0.39 is 19.9 Å². The van der Waals surface area contributed by atoms with E-state index in [0.717, 1.165) is 0 Å². The zero-order valence-electron chi connectivity index (χ0n) is 15.2. The highest BCUT2D eigenvalue weighted by Gasteiger charge is 2.28. The van der Waals surface area contributed by atoms with Crippen molar-refractivity contribution in [2.75, 3.05) is 27.3 Å². The summed E-state index contributed by atoms with van der Waals surface area (Å²) in [7, 11) is -6.88. The quantitative estimate of drug-likeness (QED) is 0.638. The van der Waals surface area contributed by atoms with Crippen molar-refractivity contribution in [2.45, 2.75) is 16.6 Å². The number of thioether (sulfide) groups is 1. The zero-order chi connectivity index (χ0) is 21.1. The Morgan fingerprint density at radius 3 is 2.62 bits per heavy atom. The predicted molar refractivity (Wildman–Crippen MR) is 117 cm³/mol. The lowest BCUT2D eigenvalue weighted by Gasteiger charge is -2.12. The molecule has 7 nitrogen and oxygen atoms in total. The SMILES string of the molecule is O=C(CSC1CCS(=O)(=O)C1)Nc1cccc(S(=O)(=O)Nc2ccccc2Cl)c1. The second kappa shape index (κ2) is 8.95. The number of rotatable bonds is 7. The first-order chi connectivity index (χ1) is 13.6. The molecule has 1 aliphatic rings. The number of hydrogen-bond donors (Lipinski definition) is 2. The summed E-state index contributed by atoms with van der Waals surface area (Å²) < 4.78 is 50.6. The molecule has 0 bridgehead atoms. The first kappa shape index (κ1) is 21.9. The lowest BCUT2D eigenvalue weighted by atomic mass is 10.3. The molecule has 11 heteroatoms. The summed E-state index contributed by atoms with van der Waals surface area (Å²) in [5.41, 5.74) is 0.586. The van der Waals surface area contributed by atoms with Gasteiger partial charge in [0.2, 0.25) is 5.91 Å². The zero-order valence-corrected chi connectivity index (χ0v) is 18.4. The molecule has 1 atom stereocenters. The number of carbonyl (C=O) groups excluding carboxylic acids is 1. The Hall–Kier alpha value is -1.75. The molecule has 0 saturated carbocycles. The Kier molecular flexibility index (Phi) is 6.77. The molecule has 0 aromatic heterocycles. The average Bonchev–Trinajstić information content (AvgIpc) is 3.01. The van der Waals surface area contributed by atoms with Gasteiger partial charge in [0.25, 0.3) is 10.0 Å². The van der Waals surface area contributed by atoms with E-state index in [-0.39, 0.29) is 44.0 Å². The minimum atomic E-state index is -3.89. The third-order valence-electron chi connectivity index (χ3n) is 4.19. The van der Waals surface area contributed by atoms with Gasteiger partial charge in [-0.15, -0.1) is 11.8 Å². The molecule has 1 unspecified atom stereocenters. The van der Waals surface area contributed by atoms with Gasteiger partial charge in [0.1, 0.15) is 0 Å². The van der Waals surface area contributed by atoms with Gasteiger partial charge in [-0.25, -0.2) is 16.8 Å². The Bertz CT molecular complexity index is 1120. The van der Waals surface area contributed by atoms with Gasteiger partial charge in [0.05, 0.1) is 32.9 Å². The number of sulfone groups is 1. The summed E-state index contributed by atoms with van der Waals surface area (Å²) in [4.78, 5) is 12.1. The largest absolute Gasteiger partial charge is 0.325 e. The summed E-state index contributed by atoms with van der Waals surface area (Å²) in [5, 5.41) is 2.83. The molecule has 1 aliphatic heterocycles. The molecule has 2 N–H and O–H groups in total. The van der Waals surface area contributed by atoms with Gasteiger partial charge in [-0.05, 0) is 36.8 Å². The molecule has 3 rings (SSSR count). The van der Waals surface area contributed by atoms with E-state index in [4.69, 9.17) is 11.6 Å². The van der Waals surface area contributed by atoms with Crippen molar-refractivity contribution in [2.24, 2.45) is 0 Å². The monoisotopic (exact) mass is 474 g/mol. The van der Waals surface area contributed by atoms with Gasteiger partial charge >= 0.3 is 0 Å². The van der Waals surface area contributed by atoms with Crippen molar-refractivity contribution in [3.63, 3.8) is 0 Å². The molecule has 156 valence electrons. The first-order valence-corrected chi connectivity index (χ1v) is 13.4. The summed E-state index contributed by atoms with van der Waals surface area (Å²) in [6.45, 7) is 0. The Morgan fingerprint density at radius 1 is 1.17 bits per heavy atom. The summed E-state index contributed by atoms with van der Waals surface area (Å²) in [5.74, 6) is 0.0133. The van der Waals surface area contributed by atoms with Gasteiger partial charge in [-0.2, -0.15) is 0 Å². The number of carbonyl (C=O) groups is 1. The van der Waals surface area contributed by atoms with Gasteiger partial charge < -0.3 is 5.32 Å². The smallest absolute Gasteiger partial charge is 0.262 e. The van der Waals surface area contributed by atoms with Gasteiger partial charge in [0.15, 0.2) is 9.84 Å². The van der Waals surface area contributed by atoms with E-state index in [1.807, 2.05) is 0 Å². The van der Waals surface area contributed by atoms with E-state index in [1.165, 1.54) is 30.0 Å². The molecule has 29 heavy (non-hydrogen) atoms. The minimum Gasteiger partial charge on any atom is -0.325 e. The number of amides is 1. The Labute approximate surface area is 179 Å². The van der Waals surface area contributed by atoms with Crippen LogP contribution in [0.25, 0.3) is 0 Å². The normalized spacial score (nSPS) is 18.3. The van der Waals surface area contributed by atoms with Crippen molar-refractivity contribution < 1.29 is 21.6 Å². The van der Waals surface area contributed by atoms with E-state index in [0.29, 0.717) is 12.1 Å². The van der Waals surface area contributed by atoms with Crippen LogP contribution in [0.5, 0.6) is 0 Å². The van der Waals surface area contributed by atoms with E-state index >= 15 is 0 Å². The molecule has 1 heterocycles. The second-order valence-corrected chi connectivity index (χ2v) is 12.1. The number of nitrogens with one attached hydrogen (secondary N) is 2. The van der Waals surface area contributed by atoms with Crippen molar-refractivity contribution in [3.8, 4) is 0 Å². The van der Waals surface area contributed by atoms with Crippen LogP contribution < -0.4 is 10.0 Å². The molecule has 0 spiro atoms. The fraction of sp³-hybridized carbons (Fsp3) is 0.278. The number of hydrogen-bond acceptors (Lipinski definition) is 6. The van der Waals surface area contributed by atoms with Gasteiger partial charge in [-0.1, -0.05) is 29.8 Å². The fourth-order valence-electron chi connectivity index (χ4n) is 2.77. The first-order valence-electron chi connectivity index (χ1n) is 8.64. The number of anilines is 2. The Balaban J connectivity index is 1.63. The third-order valence-corrected chi connectivity index (χ3v) is 9.16. The van der Waals surface area contributed by atoms with Crippen LogP contribution in [0.1, 0.15) is 6.42 Å². The maximum absolute atomic E-state index is 12.6. The van der Waals surface area contributed by atoms with Crippen LogP contribution in [0.15, 0.2) is 53.4 Å². The highest BCUT2D eigenvalue weighted by Crippen LogP contribution is 2.26. The van der Waals surface area contributed by atoms with E-state index in [1.54, 1.807) is 30.3 Å². The van der Waals surface area contributed by atoms with Gasteiger partial charge in [-0.3, -0.25) is 9.52 Å². The Morgan fingerprint density at radius 2 is 1.93 bits per heavy atom. The standard InChI is InChI=1S/C18H19ClN2O5S3/c19-16-6-1-2-7-17(16)21-29(25,26)15-5-3-4-13(10-15)20-18(22)11-27-14-8-9-28(23,24)12-14/h1-7,10,14,21H,8-9,11-12H2,(H,20,22). The van der Waals surface area contributed by atoms with Crippen LogP contribution in [-0.4, -0.2) is 45.3 Å². The fourth-order valence-corrected chi connectivity index (χ4v) is 7.58. The van der Waals surface area contributed by atoms with E-state index in [9.17, 15) is 21.6 Å². The molecule has 2 aromatic rings. The van der Waals surface area contributed by atoms with Crippen LogP contribution in [0, 0.1) is 0 Å². The maximum Gasteiger partial charge on any atom is 0.262 e. The lowest BCUT2D eigenvalue weighted by Crippen LogP contribution is -2.18. The number of sulfonamides is 1. The topological polar surface area (TPSA) is 109 Å². The summed E-state index contributed by atoms with van der Waals surface area (Å²) in [6.07, 6.45) is 0.543. The van der Waals surface area contributed by atoms with Crippen molar-refractivity contribution in [1.82, 2.24) is 0 Å². The molecule has 1 amide bonds. The van der Waals surface area contributed by atoms with Crippen LogP contribution in [0.2, 0.25) is 5.02 Å². The third kappa shape index (κ3) is 6.11. The molecule has 0 aliphatic carbocycles. The second-order valence-electron chi connectivity index (χ2n) is 6.50. The predicted octanol–water partition coefficient (Wildman–Crippen LogP) is 3.00. The minimum absolute atomic E-state index is 0.0234. The maximum atomic E-state index is 12.6. The van der Waals surface area contributed by atoms with Crippen molar-refractivity contribution in [3.05, 3.63) is 53.6 Å². The highest BCUT2D eigenvalue weighted by atomic mass is 35.5. The molecule has 0 radical (unpaired) electrons. The van der Waals surface area contributed by atoms with Crippen LogP contribution in [0.3, 0.4) is 0 Å². The number of para-hydroxylation sites is 1. The molecular formula is C18H19ClN2O5S3. The van der Waals surface area contributed by atoms with Crippen molar-refractivity contribution >= 4 is 60.5 Å². The molecule has 1 fully saturated rings. The van der Waals surface area contributed by atoms with Crippen LogP contribution in [-0.2, 0) is 24.7 Å². The van der Waals surface area contributed by atoms with E-state index in [2.05, 4.69) is 10.0 Å². The van der Waals surface area contributed by atoms with Gasteiger partial charge in [0, 0.05) is 10.9 Å². The molecule has 2 aromatic carbocycles. The molecule has 1 saturated heterocycles. The highest BCUT2D eigenvalue weighted by molar-refractivity contribution is 8.02. The number of halogens is 1.